The summed E-state index contributed by atoms with van der Waals surface area (Å²) in [5, 5.41) is 4.58. The minimum atomic E-state index is 0.150. The first kappa shape index (κ1) is 15.7. The van der Waals surface area contributed by atoms with Gasteiger partial charge in [-0.2, -0.15) is 5.10 Å². The van der Waals surface area contributed by atoms with Gasteiger partial charge in [0.2, 0.25) is 0 Å². The third kappa shape index (κ3) is 3.59. The SMILES string of the molecule is CCn1nc(-c2ccc(OC/C(=C\F)CN)cc2)nc1C1CC1. The summed E-state index contributed by atoms with van der Waals surface area (Å²) in [5.41, 5.74) is 6.77. The normalized spacial score (nSPS) is 15.0. The number of hydrogen-bond donors (Lipinski definition) is 1. The molecule has 1 aliphatic rings. The summed E-state index contributed by atoms with van der Waals surface area (Å²) in [6, 6.07) is 7.52. The summed E-state index contributed by atoms with van der Waals surface area (Å²) in [7, 11) is 0. The number of hydrogen-bond acceptors (Lipinski definition) is 4. The molecular weight excluding hydrogens is 295 g/mol. The lowest BCUT2D eigenvalue weighted by Gasteiger charge is -2.07. The second-order valence-electron chi connectivity index (χ2n) is 5.67. The fourth-order valence-corrected chi connectivity index (χ4v) is 2.36. The molecule has 23 heavy (non-hydrogen) atoms. The van der Waals surface area contributed by atoms with Crippen molar-refractivity contribution in [1.82, 2.24) is 14.8 Å². The quantitative estimate of drug-likeness (QED) is 0.852. The molecular formula is C17H21FN4O. The van der Waals surface area contributed by atoms with Crippen LogP contribution in [0.3, 0.4) is 0 Å². The summed E-state index contributed by atoms with van der Waals surface area (Å²) < 4.78 is 19.9. The van der Waals surface area contributed by atoms with E-state index in [1.54, 1.807) is 0 Å². The predicted molar refractivity (Wildman–Crippen MR) is 86.8 cm³/mol. The number of nitrogens with two attached hydrogens (primary N) is 1. The van der Waals surface area contributed by atoms with Crippen molar-refractivity contribution in [2.75, 3.05) is 13.2 Å². The van der Waals surface area contributed by atoms with Crippen molar-refractivity contribution in [1.29, 1.82) is 0 Å². The van der Waals surface area contributed by atoms with E-state index in [0.29, 0.717) is 23.6 Å². The maximum absolute atomic E-state index is 12.4. The summed E-state index contributed by atoms with van der Waals surface area (Å²) in [5.74, 6) is 3.06. The molecule has 3 rings (SSSR count). The van der Waals surface area contributed by atoms with Crippen LogP contribution >= 0.6 is 0 Å². The van der Waals surface area contributed by atoms with Gasteiger partial charge in [-0.15, -0.1) is 0 Å². The van der Waals surface area contributed by atoms with Crippen LogP contribution in [0.25, 0.3) is 11.4 Å². The first-order chi connectivity index (χ1) is 11.2. The van der Waals surface area contributed by atoms with E-state index < -0.39 is 0 Å². The van der Waals surface area contributed by atoms with Crippen molar-refractivity contribution in [2.24, 2.45) is 5.73 Å². The number of aromatic nitrogens is 3. The molecule has 0 aliphatic heterocycles. The lowest BCUT2D eigenvalue weighted by atomic mass is 10.2. The maximum atomic E-state index is 12.4. The smallest absolute Gasteiger partial charge is 0.181 e. The molecule has 1 fully saturated rings. The van der Waals surface area contributed by atoms with Gasteiger partial charge in [-0.05, 0) is 44.0 Å². The Bertz CT molecular complexity index is 689. The van der Waals surface area contributed by atoms with Gasteiger partial charge in [-0.1, -0.05) is 0 Å². The number of aryl methyl sites for hydroxylation is 1. The number of nitrogens with zero attached hydrogens (tertiary/aromatic N) is 3. The topological polar surface area (TPSA) is 66.0 Å². The molecule has 1 aromatic carbocycles. The maximum Gasteiger partial charge on any atom is 0.181 e. The van der Waals surface area contributed by atoms with Crippen LogP contribution in [0.2, 0.25) is 0 Å². The molecule has 1 aromatic heterocycles. The zero-order chi connectivity index (χ0) is 16.2. The van der Waals surface area contributed by atoms with Gasteiger partial charge in [0.25, 0.3) is 0 Å². The third-order valence-electron chi connectivity index (χ3n) is 3.90. The molecule has 0 spiro atoms. The third-order valence-corrected chi connectivity index (χ3v) is 3.90. The van der Waals surface area contributed by atoms with Gasteiger partial charge in [-0.25, -0.2) is 14.1 Å². The van der Waals surface area contributed by atoms with Crippen molar-refractivity contribution < 1.29 is 9.13 Å². The lowest BCUT2D eigenvalue weighted by molar-refractivity contribution is 0.347. The first-order valence-corrected chi connectivity index (χ1v) is 7.91. The Kier molecular flexibility index (Phi) is 4.71. The van der Waals surface area contributed by atoms with E-state index in [-0.39, 0.29) is 13.2 Å². The first-order valence-electron chi connectivity index (χ1n) is 7.91. The molecule has 122 valence electrons. The van der Waals surface area contributed by atoms with E-state index >= 15 is 0 Å². The molecule has 2 aromatic rings. The van der Waals surface area contributed by atoms with Crippen molar-refractivity contribution in [2.45, 2.75) is 32.2 Å². The standard InChI is InChI=1S/C17H21FN4O/c1-2-22-17(14-3-4-14)20-16(21-22)13-5-7-15(8-6-13)23-11-12(9-18)10-19/h5-9,14H,2-4,10-11,19H2,1H3/b12-9-. The molecule has 1 aliphatic carbocycles. The van der Waals surface area contributed by atoms with E-state index in [2.05, 4.69) is 17.0 Å². The second kappa shape index (κ2) is 6.91. The van der Waals surface area contributed by atoms with Gasteiger partial charge in [-0.3, -0.25) is 0 Å². The predicted octanol–water partition coefficient (Wildman–Crippen LogP) is 3.03. The molecule has 0 atom stereocenters. The zero-order valence-corrected chi connectivity index (χ0v) is 13.2. The van der Waals surface area contributed by atoms with E-state index in [1.165, 1.54) is 12.8 Å². The summed E-state index contributed by atoms with van der Waals surface area (Å²) >= 11 is 0. The molecule has 0 unspecified atom stereocenters. The molecule has 0 bridgehead atoms. The lowest BCUT2D eigenvalue weighted by Crippen LogP contribution is -2.10. The molecule has 1 saturated carbocycles. The van der Waals surface area contributed by atoms with Gasteiger partial charge >= 0.3 is 0 Å². The van der Waals surface area contributed by atoms with Crippen LogP contribution < -0.4 is 10.5 Å². The van der Waals surface area contributed by atoms with Gasteiger partial charge in [0, 0.05) is 30.1 Å². The Morgan fingerprint density at radius 3 is 2.70 bits per heavy atom. The van der Waals surface area contributed by atoms with Crippen molar-refractivity contribution in [3.05, 3.63) is 42.0 Å². The number of benzene rings is 1. The highest BCUT2D eigenvalue weighted by atomic mass is 19.1. The highest BCUT2D eigenvalue weighted by Crippen LogP contribution is 2.39. The Morgan fingerprint density at radius 1 is 1.39 bits per heavy atom. The van der Waals surface area contributed by atoms with Crippen LogP contribution in [-0.2, 0) is 6.54 Å². The number of ether oxygens (including phenoxy) is 1. The Balaban J connectivity index is 1.72. The minimum Gasteiger partial charge on any atom is -0.489 e. The van der Waals surface area contributed by atoms with Crippen LogP contribution in [0.1, 0.15) is 31.5 Å². The van der Waals surface area contributed by atoms with Crippen LogP contribution in [0.4, 0.5) is 4.39 Å². The molecule has 0 saturated heterocycles. The summed E-state index contributed by atoms with van der Waals surface area (Å²) in [6.45, 7) is 3.21. The van der Waals surface area contributed by atoms with Crippen molar-refractivity contribution in [3.63, 3.8) is 0 Å². The largest absolute Gasteiger partial charge is 0.489 e. The number of halogens is 1. The Morgan fingerprint density at radius 2 is 2.13 bits per heavy atom. The van der Waals surface area contributed by atoms with E-state index in [0.717, 1.165) is 23.8 Å². The average molecular weight is 316 g/mol. The molecule has 0 radical (unpaired) electrons. The van der Waals surface area contributed by atoms with Gasteiger partial charge in [0.05, 0.1) is 6.33 Å². The fraction of sp³-hybridized carbons (Fsp3) is 0.412. The van der Waals surface area contributed by atoms with Gasteiger partial charge in [0.15, 0.2) is 5.82 Å². The fourth-order valence-electron chi connectivity index (χ4n) is 2.36. The number of rotatable bonds is 7. The molecule has 6 heteroatoms. The average Bonchev–Trinajstić information content (AvgIpc) is 3.35. The second-order valence-corrected chi connectivity index (χ2v) is 5.67. The highest BCUT2D eigenvalue weighted by molar-refractivity contribution is 5.56. The van der Waals surface area contributed by atoms with Crippen molar-refractivity contribution >= 4 is 0 Å². The highest BCUT2D eigenvalue weighted by Gasteiger charge is 2.29. The van der Waals surface area contributed by atoms with Gasteiger partial charge in [0.1, 0.15) is 18.2 Å². The van der Waals surface area contributed by atoms with Crippen LogP contribution in [0.15, 0.2) is 36.2 Å². The van der Waals surface area contributed by atoms with Crippen LogP contribution in [0, 0.1) is 0 Å². The monoisotopic (exact) mass is 316 g/mol. The van der Waals surface area contributed by atoms with E-state index in [4.69, 9.17) is 10.5 Å². The van der Waals surface area contributed by atoms with Gasteiger partial charge < -0.3 is 10.5 Å². The van der Waals surface area contributed by atoms with Crippen LogP contribution in [-0.4, -0.2) is 27.9 Å². The molecule has 0 amide bonds. The van der Waals surface area contributed by atoms with E-state index in [1.807, 2.05) is 28.9 Å². The van der Waals surface area contributed by atoms with E-state index in [9.17, 15) is 4.39 Å². The summed E-state index contributed by atoms with van der Waals surface area (Å²) in [4.78, 5) is 4.68. The molecule has 1 heterocycles. The molecule has 2 N–H and O–H groups in total. The Labute approximate surface area is 135 Å². The van der Waals surface area contributed by atoms with Crippen molar-refractivity contribution in [3.8, 4) is 17.1 Å². The minimum absolute atomic E-state index is 0.150. The Hall–Kier alpha value is -2.21. The zero-order valence-electron chi connectivity index (χ0n) is 13.2. The molecule has 5 nitrogen and oxygen atoms in total. The van der Waals surface area contributed by atoms with Crippen LogP contribution in [0.5, 0.6) is 5.75 Å². The summed E-state index contributed by atoms with van der Waals surface area (Å²) in [6.07, 6.45) is 2.90.